The first-order valence-corrected chi connectivity index (χ1v) is 13.8. The standard InChI is InChI=1S/C27H40N2O14/c1-2-16-3-4-18(42-27-24(36)22(34)23(35)25(43-27)26(37)38)17(15-16)29-20(31)5-8-28-19(30)6-9-39-11-13-41-14-12-40-10-7-21(32)33/h3-4,15,22-25,27,34-36H,2,5-14H2,1H3,(H,28,30)(H,29,31)(H,32,33)(H,37,38)/t22-,23-,24+,25-,27+/m0/s1. The van der Waals surface area contributed by atoms with Gasteiger partial charge in [0.2, 0.25) is 18.1 Å². The molecule has 2 rings (SSSR count). The zero-order valence-corrected chi connectivity index (χ0v) is 23.8. The van der Waals surface area contributed by atoms with Gasteiger partial charge in [-0.25, -0.2) is 4.79 Å². The molecule has 0 aliphatic carbocycles. The number of aliphatic hydroxyl groups excluding tert-OH is 3. The van der Waals surface area contributed by atoms with Gasteiger partial charge in [0.25, 0.3) is 0 Å². The minimum atomic E-state index is -1.88. The van der Waals surface area contributed by atoms with Gasteiger partial charge < -0.3 is 59.9 Å². The van der Waals surface area contributed by atoms with E-state index in [0.717, 1.165) is 5.56 Å². The number of ether oxygens (including phenoxy) is 5. The van der Waals surface area contributed by atoms with Crippen molar-refractivity contribution in [2.75, 3.05) is 51.5 Å². The molecule has 2 amide bonds. The first-order valence-electron chi connectivity index (χ1n) is 13.8. The number of carboxylic acid groups (broad SMARTS) is 2. The summed E-state index contributed by atoms with van der Waals surface area (Å²) in [6.45, 7) is 3.27. The number of carbonyl (C=O) groups excluding carboxylic acids is 2. The Kier molecular flexibility index (Phi) is 15.8. The molecule has 16 nitrogen and oxygen atoms in total. The lowest BCUT2D eigenvalue weighted by Crippen LogP contribution is -2.61. The molecule has 0 saturated carbocycles. The summed E-state index contributed by atoms with van der Waals surface area (Å²) in [5.74, 6) is -3.26. The van der Waals surface area contributed by atoms with Crippen LogP contribution in [0.25, 0.3) is 0 Å². The van der Waals surface area contributed by atoms with Crippen molar-refractivity contribution in [3.63, 3.8) is 0 Å². The Bertz CT molecular complexity index is 1050. The first-order chi connectivity index (χ1) is 20.5. The van der Waals surface area contributed by atoms with E-state index in [2.05, 4.69) is 10.6 Å². The zero-order valence-electron chi connectivity index (χ0n) is 23.8. The fourth-order valence-corrected chi connectivity index (χ4v) is 3.75. The number of nitrogens with one attached hydrogen (secondary N) is 2. The Morgan fingerprint density at radius 3 is 2.05 bits per heavy atom. The van der Waals surface area contributed by atoms with Crippen molar-refractivity contribution in [3.05, 3.63) is 23.8 Å². The molecule has 1 aliphatic heterocycles. The van der Waals surface area contributed by atoms with E-state index in [1.54, 1.807) is 12.1 Å². The summed E-state index contributed by atoms with van der Waals surface area (Å²) >= 11 is 0. The maximum Gasteiger partial charge on any atom is 0.335 e. The Morgan fingerprint density at radius 1 is 0.814 bits per heavy atom. The van der Waals surface area contributed by atoms with Crippen molar-refractivity contribution in [3.8, 4) is 5.75 Å². The summed E-state index contributed by atoms with van der Waals surface area (Å²) in [5.41, 5.74) is 1.02. The molecular weight excluding hydrogens is 576 g/mol. The smallest absolute Gasteiger partial charge is 0.335 e. The first kappa shape index (κ1) is 35.8. The SMILES string of the molecule is CCc1ccc(O[C@@H]2O[C@H](C(=O)O)[C@@H](O)[C@H](O)[C@H]2O)c(NC(=O)CCNC(=O)CCOCCOCCOCCC(=O)O)c1. The average molecular weight is 617 g/mol. The van der Waals surface area contributed by atoms with Gasteiger partial charge in [0.15, 0.2) is 6.10 Å². The van der Waals surface area contributed by atoms with E-state index in [9.17, 15) is 39.6 Å². The minimum absolute atomic E-state index is 0.0261. The van der Waals surface area contributed by atoms with Crippen LogP contribution in [0.15, 0.2) is 18.2 Å². The largest absolute Gasteiger partial charge is 0.481 e. The Hall–Kier alpha value is -3.38. The minimum Gasteiger partial charge on any atom is -0.481 e. The molecule has 1 heterocycles. The third-order valence-electron chi connectivity index (χ3n) is 6.13. The van der Waals surface area contributed by atoms with E-state index < -0.39 is 48.6 Å². The number of carboxylic acids is 2. The highest BCUT2D eigenvalue weighted by molar-refractivity contribution is 5.92. The maximum absolute atomic E-state index is 12.6. The average Bonchev–Trinajstić information content (AvgIpc) is 2.96. The summed E-state index contributed by atoms with van der Waals surface area (Å²) in [6.07, 6.45) is -8.47. The van der Waals surface area contributed by atoms with Crippen molar-refractivity contribution in [1.29, 1.82) is 0 Å². The van der Waals surface area contributed by atoms with Crippen molar-refractivity contribution in [2.24, 2.45) is 0 Å². The van der Waals surface area contributed by atoms with Gasteiger partial charge in [-0.05, 0) is 24.1 Å². The molecule has 1 fully saturated rings. The molecule has 0 radical (unpaired) electrons. The monoisotopic (exact) mass is 616 g/mol. The number of hydrogen-bond acceptors (Lipinski definition) is 12. The lowest BCUT2D eigenvalue weighted by Gasteiger charge is -2.38. The molecule has 1 aromatic rings. The third-order valence-corrected chi connectivity index (χ3v) is 6.13. The van der Waals surface area contributed by atoms with E-state index in [-0.39, 0.29) is 82.8 Å². The fraction of sp³-hybridized carbons (Fsp3) is 0.630. The molecule has 16 heteroatoms. The number of anilines is 1. The van der Waals surface area contributed by atoms with Gasteiger partial charge >= 0.3 is 11.9 Å². The second-order valence-electron chi connectivity index (χ2n) is 9.42. The molecule has 7 N–H and O–H groups in total. The van der Waals surface area contributed by atoms with Crippen molar-refractivity contribution >= 4 is 29.4 Å². The van der Waals surface area contributed by atoms with Crippen LogP contribution >= 0.6 is 0 Å². The van der Waals surface area contributed by atoms with Crippen LogP contribution in [0, 0.1) is 0 Å². The molecule has 1 aliphatic rings. The van der Waals surface area contributed by atoms with Crippen LogP contribution in [0.4, 0.5) is 5.69 Å². The van der Waals surface area contributed by atoms with E-state index in [4.69, 9.17) is 28.8 Å². The van der Waals surface area contributed by atoms with E-state index >= 15 is 0 Å². The summed E-state index contributed by atoms with van der Waals surface area (Å²) in [5, 5.41) is 53.2. The van der Waals surface area contributed by atoms with Crippen LogP contribution in [-0.2, 0) is 44.5 Å². The number of hydrogen-bond donors (Lipinski definition) is 7. The Labute approximate surface area is 247 Å². The molecule has 43 heavy (non-hydrogen) atoms. The molecule has 5 atom stereocenters. The zero-order chi connectivity index (χ0) is 31.8. The van der Waals surface area contributed by atoms with Gasteiger partial charge in [-0.1, -0.05) is 13.0 Å². The summed E-state index contributed by atoms with van der Waals surface area (Å²) < 4.78 is 26.4. The molecule has 0 spiro atoms. The maximum atomic E-state index is 12.6. The predicted octanol–water partition coefficient (Wildman–Crippen LogP) is -1.12. The molecular formula is C27H40N2O14. The molecule has 1 aromatic carbocycles. The van der Waals surface area contributed by atoms with Crippen LogP contribution in [0.5, 0.6) is 5.75 Å². The fourth-order valence-electron chi connectivity index (χ4n) is 3.75. The molecule has 0 unspecified atom stereocenters. The number of aliphatic carboxylic acids is 2. The number of carbonyl (C=O) groups is 4. The number of benzene rings is 1. The highest BCUT2D eigenvalue weighted by Gasteiger charge is 2.48. The van der Waals surface area contributed by atoms with Gasteiger partial charge in [0.1, 0.15) is 24.1 Å². The van der Waals surface area contributed by atoms with E-state index in [1.807, 2.05) is 6.92 Å². The number of aliphatic hydroxyl groups is 3. The Balaban J connectivity index is 1.73. The molecule has 1 saturated heterocycles. The van der Waals surface area contributed by atoms with Crippen LogP contribution < -0.4 is 15.4 Å². The van der Waals surface area contributed by atoms with Crippen LogP contribution in [0.3, 0.4) is 0 Å². The summed E-state index contributed by atoms with van der Waals surface area (Å²) in [7, 11) is 0. The van der Waals surface area contributed by atoms with Crippen LogP contribution in [0.2, 0.25) is 0 Å². The quantitative estimate of drug-likeness (QED) is 0.0859. The summed E-state index contributed by atoms with van der Waals surface area (Å²) in [6, 6.07) is 4.80. The lowest BCUT2D eigenvalue weighted by molar-refractivity contribution is -0.271. The topological polar surface area (TPSA) is 240 Å². The highest BCUT2D eigenvalue weighted by atomic mass is 16.7. The van der Waals surface area contributed by atoms with Crippen LogP contribution in [-0.4, -0.2) is 126 Å². The highest BCUT2D eigenvalue weighted by Crippen LogP contribution is 2.31. The number of aryl methyl sites for hydroxylation is 1. The lowest BCUT2D eigenvalue weighted by atomic mass is 9.99. The molecule has 0 bridgehead atoms. The van der Waals surface area contributed by atoms with Crippen molar-refractivity contribution in [2.45, 2.75) is 63.3 Å². The van der Waals surface area contributed by atoms with Crippen molar-refractivity contribution < 1.29 is 68.4 Å². The predicted molar refractivity (Wildman–Crippen MR) is 146 cm³/mol. The Morgan fingerprint density at radius 2 is 1.44 bits per heavy atom. The molecule has 0 aromatic heterocycles. The second-order valence-corrected chi connectivity index (χ2v) is 9.42. The third kappa shape index (κ3) is 12.8. The number of amides is 2. The van der Waals surface area contributed by atoms with E-state index in [0.29, 0.717) is 6.42 Å². The van der Waals surface area contributed by atoms with Crippen LogP contribution in [0.1, 0.15) is 31.7 Å². The van der Waals surface area contributed by atoms with Gasteiger partial charge in [-0.3, -0.25) is 14.4 Å². The number of rotatable bonds is 20. The van der Waals surface area contributed by atoms with Gasteiger partial charge in [-0.2, -0.15) is 0 Å². The van der Waals surface area contributed by atoms with Gasteiger partial charge in [0.05, 0.1) is 51.7 Å². The van der Waals surface area contributed by atoms with E-state index in [1.165, 1.54) is 6.07 Å². The second kappa shape index (κ2) is 19.0. The van der Waals surface area contributed by atoms with Gasteiger partial charge in [0, 0.05) is 19.4 Å². The normalized spacial score (nSPS) is 21.6. The molecule has 242 valence electrons. The van der Waals surface area contributed by atoms with Crippen molar-refractivity contribution in [1.82, 2.24) is 5.32 Å². The summed E-state index contributed by atoms with van der Waals surface area (Å²) in [4.78, 5) is 46.4. The van der Waals surface area contributed by atoms with Gasteiger partial charge in [-0.15, -0.1) is 0 Å².